The zero-order chi connectivity index (χ0) is 40.2. The lowest BCUT2D eigenvalue weighted by Crippen LogP contribution is -2.25. The van der Waals surface area contributed by atoms with Crippen molar-refractivity contribution in [1.82, 2.24) is 19.6 Å². The van der Waals surface area contributed by atoms with Crippen LogP contribution in [0.3, 0.4) is 0 Å². The van der Waals surface area contributed by atoms with Crippen LogP contribution in [0, 0.1) is 11.6 Å². The van der Waals surface area contributed by atoms with Gasteiger partial charge in [-0.05, 0) is 108 Å². The molecule has 8 rings (SSSR count). The standard InChI is InChI=1S/C50H48F2N4O2/c1-55-45-23-11-9-21-41(45)49(53-55)39-29-27-35(31-43(39)51)37-19-7-3-15-33(37)17-5-13-25-47(57)48(58)26-14-6-18-34-16-4-8-20-38(34)36-28-30-40(44(52)32-36)50-42-22-10-12-24-46(42)56(2)54-50/h3-4,7-12,15-16,19-24,27-32,47-48,57-58H,5-6,13-14,17-18,25-26H2,1-2H3. The van der Waals surface area contributed by atoms with Crippen LogP contribution in [0.5, 0.6) is 0 Å². The molecule has 8 heteroatoms. The Morgan fingerprint density at radius 3 is 1.31 bits per heavy atom. The van der Waals surface area contributed by atoms with Crippen LogP contribution >= 0.6 is 0 Å². The highest BCUT2D eigenvalue weighted by molar-refractivity contribution is 5.94. The van der Waals surface area contributed by atoms with E-state index in [9.17, 15) is 10.2 Å². The van der Waals surface area contributed by atoms with Gasteiger partial charge in [0.15, 0.2) is 0 Å². The van der Waals surface area contributed by atoms with Crippen molar-refractivity contribution >= 4 is 21.8 Å². The van der Waals surface area contributed by atoms with Gasteiger partial charge in [-0.3, -0.25) is 9.36 Å². The van der Waals surface area contributed by atoms with Crippen LogP contribution < -0.4 is 0 Å². The Kier molecular flexibility index (Phi) is 11.6. The summed E-state index contributed by atoms with van der Waals surface area (Å²) in [6.07, 6.45) is 4.13. The van der Waals surface area contributed by atoms with Crippen LogP contribution in [0.4, 0.5) is 8.78 Å². The Hall–Kier alpha value is -5.96. The Morgan fingerprint density at radius 1 is 0.483 bits per heavy atom. The van der Waals surface area contributed by atoms with Crippen LogP contribution in [0.15, 0.2) is 133 Å². The number of aliphatic hydroxyl groups is 2. The molecule has 0 aliphatic carbocycles. The van der Waals surface area contributed by atoms with Gasteiger partial charge < -0.3 is 10.2 Å². The molecule has 0 radical (unpaired) electrons. The number of aryl methyl sites for hydroxylation is 4. The van der Waals surface area contributed by atoms with Crippen LogP contribution in [0.2, 0.25) is 0 Å². The molecule has 6 aromatic carbocycles. The van der Waals surface area contributed by atoms with Crippen LogP contribution in [-0.2, 0) is 26.9 Å². The molecule has 6 nitrogen and oxygen atoms in total. The Morgan fingerprint density at radius 2 is 0.879 bits per heavy atom. The molecule has 0 amide bonds. The molecule has 2 N–H and O–H groups in total. The van der Waals surface area contributed by atoms with Gasteiger partial charge in [0.1, 0.15) is 23.0 Å². The molecule has 0 aliphatic rings. The second-order valence-corrected chi connectivity index (χ2v) is 15.3. The van der Waals surface area contributed by atoms with Crippen molar-refractivity contribution in [2.24, 2.45) is 14.1 Å². The summed E-state index contributed by atoms with van der Waals surface area (Å²) in [5, 5.41) is 32.7. The minimum absolute atomic E-state index is 0.311. The lowest BCUT2D eigenvalue weighted by Gasteiger charge is -2.18. The Balaban J connectivity index is 0.821. The number of hydrogen-bond acceptors (Lipinski definition) is 4. The minimum Gasteiger partial charge on any atom is -0.390 e. The molecule has 0 fully saturated rings. The highest BCUT2D eigenvalue weighted by Gasteiger charge is 2.19. The molecule has 294 valence electrons. The van der Waals surface area contributed by atoms with E-state index >= 15 is 8.78 Å². The molecule has 2 aromatic heterocycles. The van der Waals surface area contributed by atoms with E-state index in [1.807, 2.05) is 123 Å². The number of hydrogen-bond donors (Lipinski definition) is 2. The highest BCUT2D eigenvalue weighted by atomic mass is 19.1. The normalized spacial score (nSPS) is 12.7. The lowest BCUT2D eigenvalue weighted by molar-refractivity contribution is 0.00732. The molecular formula is C50H48F2N4O2. The number of halogens is 2. The summed E-state index contributed by atoms with van der Waals surface area (Å²) in [6, 6.07) is 42.6. The summed E-state index contributed by atoms with van der Waals surface area (Å²) in [6.45, 7) is 0. The summed E-state index contributed by atoms with van der Waals surface area (Å²) in [5.41, 5.74) is 9.97. The summed E-state index contributed by atoms with van der Waals surface area (Å²) in [7, 11) is 3.74. The largest absolute Gasteiger partial charge is 0.390 e. The Labute approximate surface area is 338 Å². The molecule has 0 aliphatic heterocycles. The number of fused-ring (bicyclic) bond motifs is 2. The highest BCUT2D eigenvalue weighted by Crippen LogP contribution is 2.35. The number of unbranched alkanes of at least 4 members (excludes halogenated alkanes) is 2. The maximum atomic E-state index is 15.6. The van der Waals surface area contributed by atoms with Crippen LogP contribution in [-0.4, -0.2) is 42.0 Å². The summed E-state index contributed by atoms with van der Waals surface area (Å²) < 4.78 is 34.8. The molecule has 2 unspecified atom stereocenters. The van der Waals surface area contributed by atoms with E-state index in [0.717, 1.165) is 93.7 Å². The summed E-state index contributed by atoms with van der Waals surface area (Å²) in [4.78, 5) is 0. The number of aliphatic hydroxyl groups excluding tert-OH is 2. The summed E-state index contributed by atoms with van der Waals surface area (Å²) >= 11 is 0. The van der Waals surface area contributed by atoms with E-state index in [4.69, 9.17) is 0 Å². The van der Waals surface area contributed by atoms with Crippen molar-refractivity contribution in [2.45, 2.75) is 63.6 Å². The van der Waals surface area contributed by atoms with Crippen molar-refractivity contribution in [1.29, 1.82) is 0 Å². The first-order chi connectivity index (χ1) is 28.3. The second kappa shape index (κ2) is 17.3. The van der Waals surface area contributed by atoms with E-state index in [0.29, 0.717) is 35.4 Å². The fraction of sp³-hybridized carbons (Fsp3) is 0.240. The van der Waals surface area contributed by atoms with Crippen molar-refractivity contribution in [3.8, 4) is 44.8 Å². The zero-order valence-electron chi connectivity index (χ0n) is 33.0. The fourth-order valence-corrected chi connectivity index (χ4v) is 8.34. The zero-order valence-corrected chi connectivity index (χ0v) is 33.0. The molecule has 2 heterocycles. The number of benzene rings is 6. The quantitative estimate of drug-likeness (QED) is 0.102. The first-order valence-corrected chi connectivity index (χ1v) is 20.2. The molecule has 8 aromatic rings. The van der Waals surface area contributed by atoms with Crippen molar-refractivity contribution in [2.75, 3.05) is 0 Å². The van der Waals surface area contributed by atoms with Gasteiger partial charge >= 0.3 is 0 Å². The van der Waals surface area contributed by atoms with E-state index in [1.54, 1.807) is 21.5 Å². The molecule has 0 bridgehead atoms. The van der Waals surface area contributed by atoms with Gasteiger partial charge in [-0.2, -0.15) is 10.2 Å². The molecule has 58 heavy (non-hydrogen) atoms. The average molecular weight is 775 g/mol. The van der Waals surface area contributed by atoms with Crippen LogP contribution in [0.1, 0.15) is 49.7 Å². The summed E-state index contributed by atoms with van der Waals surface area (Å²) in [5.74, 6) is -0.623. The van der Waals surface area contributed by atoms with Gasteiger partial charge in [-0.15, -0.1) is 0 Å². The van der Waals surface area contributed by atoms with Gasteiger partial charge in [0.2, 0.25) is 0 Å². The van der Waals surface area contributed by atoms with Crippen molar-refractivity contribution < 1.29 is 19.0 Å². The first-order valence-electron chi connectivity index (χ1n) is 20.2. The number of aromatic nitrogens is 4. The monoisotopic (exact) mass is 774 g/mol. The smallest absolute Gasteiger partial charge is 0.133 e. The third kappa shape index (κ3) is 8.08. The molecule has 0 spiro atoms. The van der Waals surface area contributed by atoms with Gasteiger partial charge in [0, 0.05) is 36.0 Å². The van der Waals surface area contributed by atoms with E-state index in [-0.39, 0.29) is 11.6 Å². The number of para-hydroxylation sites is 2. The topological polar surface area (TPSA) is 76.1 Å². The first kappa shape index (κ1) is 38.9. The predicted molar refractivity (Wildman–Crippen MR) is 230 cm³/mol. The Bertz CT molecular complexity index is 2510. The van der Waals surface area contributed by atoms with E-state index in [2.05, 4.69) is 22.3 Å². The second-order valence-electron chi connectivity index (χ2n) is 15.3. The van der Waals surface area contributed by atoms with Gasteiger partial charge in [0.05, 0.1) is 23.2 Å². The number of rotatable bonds is 15. The lowest BCUT2D eigenvalue weighted by atomic mass is 9.93. The maximum Gasteiger partial charge on any atom is 0.133 e. The fourth-order valence-electron chi connectivity index (χ4n) is 8.34. The van der Waals surface area contributed by atoms with Crippen molar-refractivity contribution in [3.63, 3.8) is 0 Å². The SMILES string of the molecule is Cn1nc(-c2ccc(-c3ccccc3CCCCC(O)C(O)CCCCc3ccccc3-c3ccc(-c4nn(C)c5ccccc45)c(F)c3)cc2F)c2ccccc21. The predicted octanol–water partition coefficient (Wildman–Crippen LogP) is 11.3. The maximum absolute atomic E-state index is 15.6. The van der Waals surface area contributed by atoms with Gasteiger partial charge in [-0.1, -0.05) is 110 Å². The molecular weight excluding hydrogens is 727 g/mol. The molecule has 0 saturated carbocycles. The third-order valence-electron chi connectivity index (χ3n) is 11.5. The average Bonchev–Trinajstić information content (AvgIpc) is 3.76. The van der Waals surface area contributed by atoms with E-state index in [1.165, 1.54) is 0 Å². The number of nitrogens with zero attached hydrogens (tertiary/aromatic N) is 4. The van der Waals surface area contributed by atoms with Crippen molar-refractivity contribution in [3.05, 3.63) is 156 Å². The third-order valence-corrected chi connectivity index (χ3v) is 11.5. The van der Waals surface area contributed by atoms with Gasteiger partial charge in [0.25, 0.3) is 0 Å². The molecule has 0 saturated heterocycles. The minimum atomic E-state index is -0.801. The van der Waals surface area contributed by atoms with Gasteiger partial charge in [-0.25, -0.2) is 8.78 Å². The molecule has 2 atom stereocenters. The van der Waals surface area contributed by atoms with E-state index < -0.39 is 12.2 Å². The van der Waals surface area contributed by atoms with Crippen LogP contribution in [0.25, 0.3) is 66.6 Å².